The van der Waals surface area contributed by atoms with Crippen LogP contribution in [0.2, 0.25) is 0 Å². The van der Waals surface area contributed by atoms with Crippen molar-refractivity contribution < 1.29 is 4.79 Å². The van der Waals surface area contributed by atoms with Gasteiger partial charge in [-0.2, -0.15) is 0 Å². The number of anilines is 1. The van der Waals surface area contributed by atoms with Crippen LogP contribution in [0.25, 0.3) is 0 Å². The third-order valence-corrected chi connectivity index (χ3v) is 3.48. The van der Waals surface area contributed by atoms with Crippen LogP contribution in [0.1, 0.15) is 42.0 Å². The lowest BCUT2D eigenvalue weighted by molar-refractivity contribution is 0.259. The number of rotatable bonds is 3. The van der Waals surface area contributed by atoms with Crippen molar-refractivity contribution >= 4 is 11.7 Å². The van der Waals surface area contributed by atoms with Gasteiger partial charge < -0.3 is 11.1 Å². The summed E-state index contributed by atoms with van der Waals surface area (Å²) in [5.41, 5.74) is 11.5. The van der Waals surface area contributed by atoms with Crippen LogP contribution in [-0.4, -0.2) is 6.03 Å². The Balaban J connectivity index is 2.52. The zero-order chi connectivity index (χ0) is 12.4. The SMILES string of the molecule is CCCc1c(C)cc2c(c1NC(N)=O)CCC2. The quantitative estimate of drug-likeness (QED) is 0.827. The standard InChI is InChI=1S/C14H20N2O/c1-3-5-11-9(2)8-10-6-4-7-12(10)13(11)16-14(15)17/h8H,3-7H2,1-2H3,(H3,15,16,17). The number of nitrogens with two attached hydrogens (primary N) is 1. The summed E-state index contributed by atoms with van der Waals surface area (Å²) in [6, 6.07) is 1.82. The van der Waals surface area contributed by atoms with Gasteiger partial charge >= 0.3 is 6.03 Å². The van der Waals surface area contributed by atoms with E-state index in [0.29, 0.717) is 0 Å². The van der Waals surface area contributed by atoms with Crippen molar-refractivity contribution in [2.75, 3.05) is 5.32 Å². The third kappa shape index (κ3) is 2.28. The van der Waals surface area contributed by atoms with Crippen molar-refractivity contribution in [2.24, 2.45) is 5.73 Å². The highest BCUT2D eigenvalue weighted by atomic mass is 16.2. The molecule has 0 heterocycles. The molecule has 0 aliphatic heterocycles. The summed E-state index contributed by atoms with van der Waals surface area (Å²) < 4.78 is 0. The average molecular weight is 232 g/mol. The first-order valence-corrected chi connectivity index (χ1v) is 6.34. The zero-order valence-electron chi connectivity index (χ0n) is 10.6. The maximum atomic E-state index is 11.1. The highest BCUT2D eigenvalue weighted by Gasteiger charge is 2.20. The number of hydrogen-bond donors (Lipinski definition) is 2. The van der Waals surface area contributed by atoms with Gasteiger partial charge in [-0.15, -0.1) is 0 Å². The van der Waals surface area contributed by atoms with Crippen LogP contribution in [-0.2, 0) is 19.3 Å². The zero-order valence-corrected chi connectivity index (χ0v) is 10.6. The fourth-order valence-electron chi connectivity index (χ4n) is 2.79. The molecular formula is C14H20N2O. The topological polar surface area (TPSA) is 55.1 Å². The van der Waals surface area contributed by atoms with E-state index in [1.54, 1.807) is 0 Å². The molecule has 0 bridgehead atoms. The second-order valence-electron chi connectivity index (χ2n) is 4.78. The molecule has 0 radical (unpaired) electrons. The number of urea groups is 1. The molecule has 1 aliphatic carbocycles. The summed E-state index contributed by atoms with van der Waals surface area (Å²) in [5.74, 6) is 0. The fourth-order valence-corrected chi connectivity index (χ4v) is 2.79. The van der Waals surface area contributed by atoms with Crippen molar-refractivity contribution in [3.63, 3.8) is 0 Å². The Labute approximate surface area is 102 Å². The van der Waals surface area contributed by atoms with Crippen LogP contribution in [0.15, 0.2) is 6.07 Å². The Kier molecular flexibility index (Phi) is 3.36. The van der Waals surface area contributed by atoms with Crippen molar-refractivity contribution in [3.05, 3.63) is 28.3 Å². The third-order valence-electron chi connectivity index (χ3n) is 3.48. The van der Waals surface area contributed by atoms with E-state index in [0.717, 1.165) is 31.4 Å². The van der Waals surface area contributed by atoms with E-state index < -0.39 is 6.03 Å². The van der Waals surface area contributed by atoms with Gasteiger partial charge in [-0.3, -0.25) is 0 Å². The molecule has 0 unspecified atom stereocenters. The van der Waals surface area contributed by atoms with Gasteiger partial charge in [0.15, 0.2) is 0 Å². The molecule has 0 fully saturated rings. The van der Waals surface area contributed by atoms with Gasteiger partial charge in [-0.1, -0.05) is 19.4 Å². The lowest BCUT2D eigenvalue weighted by Crippen LogP contribution is -2.21. The van der Waals surface area contributed by atoms with E-state index in [9.17, 15) is 4.79 Å². The van der Waals surface area contributed by atoms with Gasteiger partial charge in [0.05, 0.1) is 0 Å². The summed E-state index contributed by atoms with van der Waals surface area (Å²) in [4.78, 5) is 11.1. The Bertz CT molecular complexity index is 452. The van der Waals surface area contributed by atoms with Crippen LogP contribution in [0.3, 0.4) is 0 Å². The van der Waals surface area contributed by atoms with Gasteiger partial charge in [0.1, 0.15) is 0 Å². The highest BCUT2D eigenvalue weighted by molar-refractivity contribution is 5.90. The van der Waals surface area contributed by atoms with E-state index in [4.69, 9.17) is 5.73 Å². The minimum atomic E-state index is -0.456. The molecule has 0 atom stereocenters. The molecule has 0 saturated heterocycles. The number of benzene rings is 1. The Morgan fingerprint density at radius 2 is 2.24 bits per heavy atom. The van der Waals surface area contributed by atoms with Crippen LogP contribution in [0, 0.1) is 6.92 Å². The molecule has 1 aliphatic rings. The van der Waals surface area contributed by atoms with E-state index in [1.807, 2.05) is 0 Å². The average Bonchev–Trinajstić information content (AvgIpc) is 2.70. The van der Waals surface area contributed by atoms with Crippen molar-refractivity contribution in [1.82, 2.24) is 0 Å². The predicted octanol–water partition coefficient (Wildman–Crippen LogP) is 2.93. The first-order chi connectivity index (χ1) is 8.13. The molecular weight excluding hydrogens is 212 g/mol. The molecule has 0 spiro atoms. The second-order valence-corrected chi connectivity index (χ2v) is 4.78. The van der Waals surface area contributed by atoms with Gasteiger partial charge in [0, 0.05) is 5.69 Å². The molecule has 2 amide bonds. The number of carbonyl (C=O) groups excluding carboxylic acids is 1. The molecule has 3 heteroatoms. The smallest absolute Gasteiger partial charge is 0.316 e. The van der Waals surface area contributed by atoms with Crippen molar-refractivity contribution in [2.45, 2.75) is 46.0 Å². The Morgan fingerprint density at radius 1 is 1.47 bits per heavy atom. The minimum absolute atomic E-state index is 0.456. The lowest BCUT2D eigenvalue weighted by atomic mass is 9.95. The predicted molar refractivity (Wildman–Crippen MR) is 70.4 cm³/mol. The number of fused-ring (bicyclic) bond motifs is 1. The van der Waals surface area contributed by atoms with Crippen LogP contribution in [0.4, 0.5) is 10.5 Å². The number of nitrogens with one attached hydrogen (secondary N) is 1. The number of hydrogen-bond acceptors (Lipinski definition) is 1. The van der Waals surface area contributed by atoms with Gasteiger partial charge in [0.2, 0.25) is 0 Å². The molecule has 0 saturated carbocycles. The molecule has 1 aromatic rings. The molecule has 1 aromatic carbocycles. The first-order valence-electron chi connectivity index (χ1n) is 6.34. The van der Waals surface area contributed by atoms with Gasteiger partial charge in [-0.05, 0) is 54.9 Å². The Hall–Kier alpha value is -1.51. The number of primary amides is 1. The van der Waals surface area contributed by atoms with Crippen molar-refractivity contribution in [1.29, 1.82) is 0 Å². The van der Waals surface area contributed by atoms with E-state index >= 15 is 0 Å². The molecule has 92 valence electrons. The number of carbonyl (C=O) groups is 1. The monoisotopic (exact) mass is 232 g/mol. The maximum absolute atomic E-state index is 11.1. The minimum Gasteiger partial charge on any atom is -0.351 e. The normalized spacial score (nSPS) is 13.5. The molecule has 3 N–H and O–H groups in total. The van der Waals surface area contributed by atoms with Crippen LogP contribution >= 0.6 is 0 Å². The first kappa shape index (κ1) is 12.0. The second kappa shape index (κ2) is 4.78. The molecule has 3 nitrogen and oxygen atoms in total. The summed E-state index contributed by atoms with van der Waals surface area (Å²) >= 11 is 0. The summed E-state index contributed by atoms with van der Waals surface area (Å²) in [5, 5.41) is 2.84. The van der Waals surface area contributed by atoms with Gasteiger partial charge in [0.25, 0.3) is 0 Å². The van der Waals surface area contributed by atoms with Gasteiger partial charge in [-0.25, -0.2) is 4.79 Å². The molecule has 2 rings (SSSR count). The molecule has 0 aromatic heterocycles. The molecule has 17 heavy (non-hydrogen) atoms. The van der Waals surface area contributed by atoms with Crippen LogP contribution in [0.5, 0.6) is 0 Å². The van der Waals surface area contributed by atoms with E-state index in [2.05, 4.69) is 25.2 Å². The summed E-state index contributed by atoms with van der Waals surface area (Å²) in [6.07, 6.45) is 5.43. The maximum Gasteiger partial charge on any atom is 0.316 e. The lowest BCUT2D eigenvalue weighted by Gasteiger charge is -2.17. The number of aryl methyl sites for hydroxylation is 2. The van der Waals surface area contributed by atoms with E-state index in [1.165, 1.54) is 28.7 Å². The number of amides is 2. The summed E-state index contributed by atoms with van der Waals surface area (Å²) in [6.45, 7) is 4.27. The van der Waals surface area contributed by atoms with E-state index in [-0.39, 0.29) is 0 Å². The highest BCUT2D eigenvalue weighted by Crippen LogP contribution is 2.34. The summed E-state index contributed by atoms with van der Waals surface area (Å²) in [7, 11) is 0. The fraction of sp³-hybridized carbons (Fsp3) is 0.500. The van der Waals surface area contributed by atoms with Crippen molar-refractivity contribution in [3.8, 4) is 0 Å². The van der Waals surface area contributed by atoms with Crippen LogP contribution < -0.4 is 11.1 Å². The largest absolute Gasteiger partial charge is 0.351 e. The Morgan fingerprint density at radius 3 is 2.88 bits per heavy atom.